The molecule has 1 amide bonds. The molecule has 3 heterocycles. The summed E-state index contributed by atoms with van der Waals surface area (Å²) < 4.78 is 5.49. The lowest BCUT2D eigenvalue weighted by atomic mass is 9.89. The molecule has 1 aromatic carbocycles. The second kappa shape index (κ2) is 6.79. The number of carbonyl (C=O) groups excluding carboxylic acids is 1. The van der Waals surface area contributed by atoms with Crippen molar-refractivity contribution in [3.63, 3.8) is 0 Å². The topological polar surface area (TPSA) is 41.6 Å². The summed E-state index contributed by atoms with van der Waals surface area (Å²) in [7, 11) is 0. The molecule has 4 nitrogen and oxygen atoms in total. The van der Waals surface area contributed by atoms with Crippen molar-refractivity contribution in [2.24, 2.45) is 0 Å². The van der Waals surface area contributed by atoms with Gasteiger partial charge in [0, 0.05) is 24.2 Å². The van der Waals surface area contributed by atoms with Crippen LogP contribution in [0, 0.1) is 11.8 Å². The van der Waals surface area contributed by atoms with Crippen LogP contribution in [0.15, 0.2) is 30.3 Å². The predicted octanol–water partition coefficient (Wildman–Crippen LogP) is 3.05. The standard InChI is InChI=1S/C21H22N2O2S/c1-21(2)14-17-16(9-8-15-6-4-3-5-7-15)20(23-10-12-25-13-11-23)26-18(17)19(24)22-21/h3-7H,10-14H2,1-2H3,(H,22,24). The number of nitrogens with one attached hydrogen (secondary N) is 1. The van der Waals surface area contributed by atoms with Gasteiger partial charge in [0.05, 0.1) is 23.7 Å². The molecule has 0 spiro atoms. The molecule has 1 saturated heterocycles. The number of carbonyl (C=O) groups is 1. The molecule has 0 radical (unpaired) electrons. The Morgan fingerprint density at radius 2 is 1.88 bits per heavy atom. The van der Waals surface area contributed by atoms with Gasteiger partial charge in [-0.3, -0.25) is 4.79 Å². The normalized spacial score (nSPS) is 18.5. The minimum Gasteiger partial charge on any atom is -0.378 e. The maximum absolute atomic E-state index is 12.6. The van der Waals surface area contributed by atoms with Crippen LogP contribution in [-0.2, 0) is 11.2 Å². The van der Waals surface area contributed by atoms with Crippen LogP contribution < -0.4 is 10.2 Å². The van der Waals surface area contributed by atoms with E-state index in [-0.39, 0.29) is 11.4 Å². The predicted molar refractivity (Wildman–Crippen MR) is 105 cm³/mol. The minimum absolute atomic E-state index is 0.0171. The highest BCUT2D eigenvalue weighted by molar-refractivity contribution is 7.18. The van der Waals surface area contributed by atoms with E-state index in [9.17, 15) is 4.79 Å². The smallest absolute Gasteiger partial charge is 0.262 e. The fraction of sp³-hybridized carbons (Fsp3) is 0.381. The molecule has 2 aliphatic rings. The summed E-state index contributed by atoms with van der Waals surface area (Å²) in [6.45, 7) is 7.23. The minimum atomic E-state index is -0.253. The van der Waals surface area contributed by atoms with Gasteiger partial charge in [-0.15, -0.1) is 11.3 Å². The molecule has 0 unspecified atom stereocenters. The molecule has 4 rings (SSSR count). The van der Waals surface area contributed by atoms with Crippen LogP contribution in [0.5, 0.6) is 0 Å². The molecule has 0 bridgehead atoms. The van der Waals surface area contributed by atoms with Gasteiger partial charge in [-0.25, -0.2) is 0 Å². The molecule has 0 aliphatic carbocycles. The number of amides is 1. The fourth-order valence-electron chi connectivity index (χ4n) is 3.43. The SMILES string of the molecule is CC1(C)Cc2c(sc(N3CCOCC3)c2C#Cc2ccccc2)C(=O)N1. The molecular weight excluding hydrogens is 344 g/mol. The summed E-state index contributed by atoms with van der Waals surface area (Å²) >= 11 is 1.57. The molecule has 1 aromatic heterocycles. The van der Waals surface area contributed by atoms with Gasteiger partial charge in [-0.05, 0) is 38.0 Å². The number of morpholine rings is 1. The number of fused-ring (bicyclic) bond motifs is 1. The van der Waals surface area contributed by atoms with Crippen LogP contribution in [0.2, 0.25) is 0 Å². The highest BCUT2D eigenvalue weighted by atomic mass is 32.1. The van der Waals surface area contributed by atoms with Gasteiger partial charge in [-0.1, -0.05) is 30.0 Å². The third-order valence-electron chi connectivity index (χ3n) is 4.67. The van der Waals surface area contributed by atoms with Crippen molar-refractivity contribution >= 4 is 22.2 Å². The summed E-state index contributed by atoms with van der Waals surface area (Å²) in [6, 6.07) is 10.00. The van der Waals surface area contributed by atoms with Gasteiger partial charge in [0.25, 0.3) is 5.91 Å². The summed E-state index contributed by atoms with van der Waals surface area (Å²) in [5.41, 5.74) is 2.84. The Labute approximate surface area is 158 Å². The number of ether oxygens (including phenoxy) is 1. The van der Waals surface area contributed by atoms with E-state index in [4.69, 9.17) is 4.74 Å². The first-order valence-corrected chi connectivity index (χ1v) is 9.73. The highest BCUT2D eigenvalue weighted by Gasteiger charge is 2.35. The Balaban J connectivity index is 1.81. The summed E-state index contributed by atoms with van der Waals surface area (Å²) in [4.78, 5) is 15.7. The average Bonchev–Trinajstić information content (AvgIpc) is 2.99. The lowest BCUT2D eigenvalue weighted by Crippen LogP contribution is -2.48. The number of rotatable bonds is 1. The Bertz CT molecular complexity index is 884. The number of anilines is 1. The van der Waals surface area contributed by atoms with Crippen molar-refractivity contribution in [1.82, 2.24) is 5.32 Å². The number of hydrogen-bond donors (Lipinski definition) is 1. The van der Waals surface area contributed by atoms with Crippen molar-refractivity contribution in [3.05, 3.63) is 51.9 Å². The lowest BCUT2D eigenvalue weighted by Gasteiger charge is -2.30. The van der Waals surface area contributed by atoms with Gasteiger partial charge in [0.2, 0.25) is 0 Å². The third-order valence-corrected chi connectivity index (χ3v) is 5.96. The Kier molecular flexibility index (Phi) is 4.47. The van der Waals surface area contributed by atoms with E-state index in [1.165, 1.54) is 0 Å². The lowest BCUT2D eigenvalue weighted by molar-refractivity contribution is 0.0902. The summed E-state index contributed by atoms with van der Waals surface area (Å²) in [5.74, 6) is 6.69. The van der Waals surface area contributed by atoms with Crippen molar-refractivity contribution in [3.8, 4) is 11.8 Å². The number of thiophene rings is 1. The quantitative estimate of drug-likeness (QED) is 0.789. The van der Waals surface area contributed by atoms with E-state index in [1.807, 2.05) is 30.3 Å². The average molecular weight is 366 g/mol. The van der Waals surface area contributed by atoms with Crippen LogP contribution >= 0.6 is 11.3 Å². The van der Waals surface area contributed by atoms with Crippen molar-refractivity contribution in [2.75, 3.05) is 31.2 Å². The first kappa shape index (κ1) is 17.1. The van der Waals surface area contributed by atoms with Gasteiger partial charge < -0.3 is 15.0 Å². The molecule has 134 valence electrons. The summed E-state index contributed by atoms with van der Waals surface area (Å²) in [5, 5.41) is 4.22. The molecule has 1 fully saturated rings. The summed E-state index contributed by atoms with van der Waals surface area (Å²) in [6.07, 6.45) is 0.799. The van der Waals surface area contributed by atoms with Crippen LogP contribution in [0.3, 0.4) is 0 Å². The largest absolute Gasteiger partial charge is 0.378 e. The van der Waals surface area contributed by atoms with Gasteiger partial charge in [0.1, 0.15) is 5.00 Å². The number of hydrogen-bond acceptors (Lipinski definition) is 4. The fourth-order valence-corrected chi connectivity index (χ4v) is 4.65. The van der Waals surface area contributed by atoms with Gasteiger partial charge >= 0.3 is 0 Å². The van der Waals surface area contributed by atoms with Crippen LogP contribution in [0.1, 0.15) is 40.2 Å². The zero-order chi connectivity index (χ0) is 18.1. The van der Waals surface area contributed by atoms with Crippen molar-refractivity contribution < 1.29 is 9.53 Å². The Hall–Kier alpha value is -2.29. The van der Waals surface area contributed by atoms with E-state index in [0.717, 1.165) is 46.1 Å². The molecular formula is C21H22N2O2S. The van der Waals surface area contributed by atoms with E-state index >= 15 is 0 Å². The van der Waals surface area contributed by atoms with Crippen LogP contribution in [0.25, 0.3) is 0 Å². The first-order valence-electron chi connectivity index (χ1n) is 8.91. The Morgan fingerprint density at radius 1 is 1.15 bits per heavy atom. The maximum atomic E-state index is 12.6. The van der Waals surface area contributed by atoms with E-state index in [1.54, 1.807) is 11.3 Å². The molecule has 0 saturated carbocycles. The van der Waals surface area contributed by atoms with E-state index < -0.39 is 0 Å². The molecule has 0 atom stereocenters. The molecule has 26 heavy (non-hydrogen) atoms. The van der Waals surface area contributed by atoms with Crippen LogP contribution in [-0.4, -0.2) is 37.7 Å². The molecule has 2 aliphatic heterocycles. The maximum Gasteiger partial charge on any atom is 0.262 e. The second-order valence-electron chi connectivity index (χ2n) is 7.32. The van der Waals surface area contributed by atoms with Crippen molar-refractivity contribution in [1.29, 1.82) is 0 Å². The highest BCUT2D eigenvalue weighted by Crippen LogP contribution is 2.40. The second-order valence-corrected chi connectivity index (χ2v) is 8.32. The number of benzene rings is 1. The van der Waals surface area contributed by atoms with E-state index in [0.29, 0.717) is 13.2 Å². The van der Waals surface area contributed by atoms with Gasteiger partial charge in [-0.2, -0.15) is 0 Å². The van der Waals surface area contributed by atoms with Crippen LogP contribution in [0.4, 0.5) is 5.00 Å². The Morgan fingerprint density at radius 3 is 2.62 bits per heavy atom. The van der Waals surface area contributed by atoms with Crippen molar-refractivity contribution in [2.45, 2.75) is 25.8 Å². The first-order chi connectivity index (χ1) is 12.5. The number of nitrogens with zero attached hydrogens (tertiary/aromatic N) is 1. The molecule has 5 heteroatoms. The van der Waals surface area contributed by atoms with Gasteiger partial charge in [0.15, 0.2) is 0 Å². The van der Waals surface area contributed by atoms with E-state index in [2.05, 4.69) is 35.9 Å². The zero-order valence-electron chi connectivity index (χ0n) is 15.1. The zero-order valence-corrected chi connectivity index (χ0v) is 15.9. The molecule has 2 aromatic rings. The third kappa shape index (κ3) is 3.35. The monoisotopic (exact) mass is 366 g/mol. The molecule has 1 N–H and O–H groups in total.